The van der Waals surface area contributed by atoms with Crippen molar-refractivity contribution in [1.29, 1.82) is 0 Å². The van der Waals surface area contributed by atoms with Crippen LogP contribution in [0, 0.1) is 5.92 Å². The lowest BCUT2D eigenvalue weighted by Crippen LogP contribution is -2.39. The SMILES string of the molecule is CC1CCC(N(C)C(=O)c2n[nH]c(C3CC3)n2)CC1. The molecule has 3 rings (SSSR count). The molecule has 1 N–H and O–H groups in total. The van der Waals surface area contributed by atoms with Crippen molar-refractivity contribution in [2.24, 2.45) is 5.92 Å². The second-order valence-corrected chi connectivity index (χ2v) is 6.15. The normalized spacial score (nSPS) is 27.3. The zero-order valence-corrected chi connectivity index (χ0v) is 11.7. The fraction of sp³-hybridized carbons (Fsp3) is 0.786. The van der Waals surface area contributed by atoms with E-state index in [4.69, 9.17) is 0 Å². The molecule has 2 aliphatic carbocycles. The van der Waals surface area contributed by atoms with E-state index < -0.39 is 0 Å². The smallest absolute Gasteiger partial charge is 0.293 e. The van der Waals surface area contributed by atoms with Crippen molar-refractivity contribution in [2.75, 3.05) is 7.05 Å². The summed E-state index contributed by atoms with van der Waals surface area (Å²) in [5.74, 6) is 2.49. The molecule has 5 heteroatoms. The molecular formula is C14H22N4O. The molecule has 1 aromatic heterocycles. The van der Waals surface area contributed by atoms with E-state index in [2.05, 4.69) is 22.1 Å². The number of amides is 1. The van der Waals surface area contributed by atoms with Crippen LogP contribution >= 0.6 is 0 Å². The fourth-order valence-electron chi connectivity index (χ4n) is 2.86. The molecule has 0 spiro atoms. The molecule has 0 saturated heterocycles. The number of carbonyl (C=O) groups is 1. The largest absolute Gasteiger partial charge is 0.336 e. The van der Waals surface area contributed by atoms with Gasteiger partial charge in [-0.15, -0.1) is 5.10 Å². The third-order valence-electron chi connectivity index (χ3n) is 4.51. The summed E-state index contributed by atoms with van der Waals surface area (Å²) in [6.07, 6.45) is 6.96. The molecule has 1 aromatic rings. The molecule has 2 aliphatic rings. The van der Waals surface area contributed by atoms with E-state index in [1.54, 1.807) is 0 Å². The first-order chi connectivity index (χ1) is 9.15. The Morgan fingerprint density at radius 3 is 2.53 bits per heavy atom. The highest BCUT2D eigenvalue weighted by Gasteiger charge is 2.30. The molecule has 1 heterocycles. The molecule has 1 amide bonds. The Morgan fingerprint density at radius 2 is 1.89 bits per heavy atom. The number of nitrogens with one attached hydrogen (secondary N) is 1. The number of hydrogen-bond donors (Lipinski definition) is 1. The standard InChI is InChI=1S/C14H22N4O/c1-9-3-7-11(8-4-9)18(2)14(19)13-15-12(16-17-13)10-5-6-10/h9-11H,3-8H2,1-2H3,(H,15,16,17). The molecule has 104 valence electrons. The summed E-state index contributed by atoms with van der Waals surface area (Å²) in [5, 5.41) is 6.99. The van der Waals surface area contributed by atoms with Crippen LogP contribution in [-0.4, -0.2) is 39.1 Å². The van der Waals surface area contributed by atoms with Crippen molar-refractivity contribution in [1.82, 2.24) is 20.1 Å². The first-order valence-electron chi connectivity index (χ1n) is 7.34. The minimum absolute atomic E-state index is 0.0392. The minimum atomic E-state index is -0.0392. The Kier molecular flexibility index (Phi) is 3.29. The van der Waals surface area contributed by atoms with Crippen LogP contribution < -0.4 is 0 Å². The number of nitrogens with zero attached hydrogens (tertiary/aromatic N) is 3. The van der Waals surface area contributed by atoms with Crippen LogP contribution in [0.3, 0.4) is 0 Å². The van der Waals surface area contributed by atoms with Crippen molar-refractivity contribution in [3.63, 3.8) is 0 Å². The number of H-pyrrole nitrogens is 1. The number of carbonyl (C=O) groups excluding carboxylic acids is 1. The Balaban J connectivity index is 1.64. The molecule has 0 aliphatic heterocycles. The zero-order valence-electron chi connectivity index (χ0n) is 11.7. The van der Waals surface area contributed by atoms with Crippen LogP contribution in [0.4, 0.5) is 0 Å². The third-order valence-corrected chi connectivity index (χ3v) is 4.51. The van der Waals surface area contributed by atoms with E-state index in [1.165, 1.54) is 25.7 Å². The van der Waals surface area contributed by atoms with Crippen LogP contribution in [0.2, 0.25) is 0 Å². The highest BCUT2D eigenvalue weighted by atomic mass is 16.2. The monoisotopic (exact) mass is 262 g/mol. The Hall–Kier alpha value is -1.39. The van der Waals surface area contributed by atoms with E-state index in [9.17, 15) is 4.79 Å². The number of hydrogen-bond acceptors (Lipinski definition) is 3. The van der Waals surface area contributed by atoms with Gasteiger partial charge in [-0.05, 0) is 44.4 Å². The number of aromatic nitrogens is 3. The van der Waals surface area contributed by atoms with Gasteiger partial charge in [-0.2, -0.15) is 0 Å². The van der Waals surface area contributed by atoms with Crippen LogP contribution in [0.5, 0.6) is 0 Å². The van der Waals surface area contributed by atoms with Crippen molar-refractivity contribution in [3.8, 4) is 0 Å². The maximum atomic E-state index is 12.4. The van der Waals surface area contributed by atoms with Crippen LogP contribution in [0.25, 0.3) is 0 Å². The number of rotatable bonds is 3. The Morgan fingerprint density at radius 1 is 1.21 bits per heavy atom. The first kappa shape index (κ1) is 12.6. The molecule has 0 atom stereocenters. The van der Waals surface area contributed by atoms with Gasteiger partial charge in [0.1, 0.15) is 5.82 Å². The maximum Gasteiger partial charge on any atom is 0.293 e. The topological polar surface area (TPSA) is 61.9 Å². The quantitative estimate of drug-likeness (QED) is 0.909. The van der Waals surface area contributed by atoms with Crippen LogP contribution in [0.15, 0.2) is 0 Å². The van der Waals surface area contributed by atoms with Gasteiger partial charge in [-0.1, -0.05) is 6.92 Å². The Labute approximate surface area is 113 Å². The minimum Gasteiger partial charge on any atom is -0.336 e. The second-order valence-electron chi connectivity index (χ2n) is 6.15. The summed E-state index contributed by atoms with van der Waals surface area (Å²) in [7, 11) is 1.89. The predicted molar refractivity (Wildman–Crippen MR) is 71.9 cm³/mol. The van der Waals surface area contributed by atoms with Gasteiger partial charge in [0.25, 0.3) is 5.91 Å². The summed E-state index contributed by atoms with van der Waals surface area (Å²) in [6, 6.07) is 0.353. The lowest BCUT2D eigenvalue weighted by atomic mass is 9.87. The Bertz CT molecular complexity index is 458. The van der Waals surface area contributed by atoms with Gasteiger partial charge in [-0.3, -0.25) is 9.89 Å². The highest BCUT2D eigenvalue weighted by molar-refractivity contribution is 5.90. The summed E-state index contributed by atoms with van der Waals surface area (Å²) in [4.78, 5) is 18.5. The van der Waals surface area contributed by atoms with E-state index in [1.807, 2.05) is 11.9 Å². The van der Waals surface area contributed by atoms with Gasteiger partial charge in [0.05, 0.1) is 0 Å². The lowest BCUT2D eigenvalue weighted by molar-refractivity contribution is 0.0667. The van der Waals surface area contributed by atoms with E-state index in [0.29, 0.717) is 17.8 Å². The van der Waals surface area contributed by atoms with E-state index >= 15 is 0 Å². The fourth-order valence-corrected chi connectivity index (χ4v) is 2.86. The maximum absolute atomic E-state index is 12.4. The molecule has 2 fully saturated rings. The molecular weight excluding hydrogens is 240 g/mol. The molecule has 0 unspecified atom stereocenters. The van der Waals surface area contributed by atoms with Crippen molar-refractivity contribution in [2.45, 2.75) is 57.4 Å². The van der Waals surface area contributed by atoms with E-state index in [0.717, 1.165) is 24.6 Å². The predicted octanol–water partition coefficient (Wildman–Crippen LogP) is 2.33. The van der Waals surface area contributed by atoms with Gasteiger partial charge >= 0.3 is 0 Å². The van der Waals surface area contributed by atoms with Gasteiger partial charge in [0.2, 0.25) is 5.82 Å². The van der Waals surface area contributed by atoms with Crippen molar-refractivity contribution >= 4 is 5.91 Å². The van der Waals surface area contributed by atoms with Gasteiger partial charge in [-0.25, -0.2) is 4.98 Å². The van der Waals surface area contributed by atoms with Gasteiger partial charge < -0.3 is 4.90 Å². The van der Waals surface area contributed by atoms with Crippen LogP contribution in [-0.2, 0) is 0 Å². The third kappa shape index (κ3) is 2.65. The number of aromatic amines is 1. The van der Waals surface area contributed by atoms with Crippen LogP contribution in [0.1, 0.15) is 67.8 Å². The molecule has 0 aromatic carbocycles. The van der Waals surface area contributed by atoms with Gasteiger partial charge in [0.15, 0.2) is 0 Å². The average molecular weight is 262 g/mol. The second kappa shape index (κ2) is 4.94. The lowest BCUT2D eigenvalue weighted by Gasteiger charge is -2.32. The molecule has 0 bridgehead atoms. The average Bonchev–Trinajstić information content (AvgIpc) is 3.16. The zero-order chi connectivity index (χ0) is 13.4. The summed E-state index contributed by atoms with van der Waals surface area (Å²) in [5.41, 5.74) is 0. The van der Waals surface area contributed by atoms with E-state index in [-0.39, 0.29) is 5.91 Å². The molecule has 2 saturated carbocycles. The summed E-state index contributed by atoms with van der Waals surface area (Å²) >= 11 is 0. The molecule has 19 heavy (non-hydrogen) atoms. The first-order valence-corrected chi connectivity index (χ1v) is 7.34. The molecule has 0 radical (unpaired) electrons. The summed E-state index contributed by atoms with van der Waals surface area (Å²) < 4.78 is 0. The molecule has 5 nitrogen and oxygen atoms in total. The summed E-state index contributed by atoms with van der Waals surface area (Å²) in [6.45, 7) is 2.29. The van der Waals surface area contributed by atoms with Crippen molar-refractivity contribution in [3.05, 3.63) is 11.6 Å². The van der Waals surface area contributed by atoms with Crippen molar-refractivity contribution < 1.29 is 4.79 Å². The highest BCUT2D eigenvalue weighted by Crippen LogP contribution is 2.37. The van der Waals surface area contributed by atoms with Gasteiger partial charge in [0, 0.05) is 19.0 Å².